The van der Waals surface area contributed by atoms with E-state index in [4.69, 9.17) is 4.74 Å². The Hall–Kier alpha value is -3.02. The van der Waals surface area contributed by atoms with Crippen molar-refractivity contribution < 1.29 is 14.3 Å². The fraction of sp³-hybridized carbons (Fsp3) is 0.300. The molecule has 0 aliphatic carbocycles. The smallest absolute Gasteiger partial charge is 0.314 e. The van der Waals surface area contributed by atoms with Crippen molar-refractivity contribution in [1.82, 2.24) is 0 Å². The Labute approximate surface area is 153 Å². The summed E-state index contributed by atoms with van der Waals surface area (Å²) in [6.45, 7) is 2.13. The second-order valence-electron chi connectivity index (χ2n) is 6.23. The number of rotatable bonds is 4. The molecule has 0 saturated carbocycles. The van der Waals surface area contributed by atoms with Gasteiger partial charge < -0.3 is 20.3 Å². The summed E-state index contributed by atoms with van der Waals surface area (Å²) in [4.78, 5) is 26.4. The van der Waals surface area contributed by atoms with Crippen LogP contribution in [0.5, 0.6) is 5.75 Å². The largest absolute Gasteiger partial charge is 0.497 e. The minimum Gasteiger partial charge on any atom is -0.497 e. The van der Waals surface area contributed by atoms with Crippen molar-refractivity contribution in [1.29, 1.82) is 0 Å². The van der Waals surface area contributed by atoms with E-state index < -0.39 is 11.8 Å². The highest BCUT2D eigenvalue weighted by Gasteiger charge is 2.15. The molecule has 0 radical (unpaired) electrons. The lowest BCUT2D eigenvalue weighted by Crippen LogP contribution is -2.30. The Bertz CT molecular complexity index is 751. The van der Waals surface area contributed by atoms with Crippen LogP contribution in [0.1, 0.15) is 19.3 Å². The molecule has 2 aromatic carbocycles. The molecule has 0 aromatic heterocycles. The zero-order valence-corrected chi connectivity index (χ0v) is 14.8. The number of hydrogen-bond donors (Lipinski definition) is 2. The van der Waals surface area contributed by atoms with Gasteiger partial charge in [-0.15, -0.1) is 0 Å². The van der Waals surface area contributed by atoms with E-state index in [0.29, 0.717) is 17.1 Å². The number of benzene rings is 2. The molecule has 26 heavy (non-hydrogen) atoms. The molecule has 2 aromatic rings. The number of hydrogen-bond acceptors (Lipinski definition) is 4. The molecule has 1 saturated heterocycles. The number of anilines is 3. The number of nitrogens with one attached hydrogen (secondary N) is 2. The van der Waals surface area contributed by atoms with Crippen molar-refractivity contribution in [3.8, 4) is 5.75 Å². The number of carbonyl (C=O) groups excluding carboxylic acids is 2. The lowest BCUT2D eigenvalue weighted by atomic mass is 10.1. The number of nitrogens with zero attached hydrogens (tertiary/aromatic N) is 1. The van der Waals surface area contributed by atoms with Crippen LogP contribution in [0.25, 0.3) is 0 Å². The van der Waals surface area contributed by atoms with Crippen molar-refractivity contribution in [3.63, 3.8) is 0 Å². The van der Waals surface area contributed by atoms with Gasteiger partial charge in [0.05, 0.1) is 7.11 Å². The molecule has 6 nitrogen and oxygen atoms in total. The van der Waals surface area contributed by atoms with Gasteiger partial charge in [0, 0.05) is 30.2 Å². The first-order valence-electron chi connectivity index (χ1n) is 8.77. The van der Waals surface area contributed by atoms with Gasteiger partial charge in [-0.25, -0.2) is 0 Å². The fourth-order valence-electron chi connectivity index (χ4n) is 2.96. The summed E-state index contributed by atoms with van der Waals surface area (Å²) in [6.07, 6.45) is 3.71. The second kappa shape index (κ2) is 8.38. The van der Waals surface area contributed by atoms with E-state index in [1.54, 1.807) is 31.4 Å². The molecule has 0 spiro atoms. The molecule has 0 atom stereocenters. The summed E-state index contributed by atoms with van der Waals surface area (Å²) in [5.41, 5.74) is 2.28. The number of methoxy groups -OCH3 is 1. The van der Waals surface area contributed by atoms with E-state index in [9.17, 15) is 9.59 Å². The summed E-state index contributed by atoms with van der Waals surface area (Å²) in [5.74, 6) is -0.733. The maximum atomic E-state index is 12.1. The molecular formula is C20H23N3O3. The summed E-state index contributed by atoms with van der Waals surface area (Å²) >= 11 is 0. The molecule has 1 aliphatic heterocycles. The van der Waals surface area contributed by atoms with Crippen LogP contribution in [0.2, 0.25) is 0 Å². The van der Waals surface area contributed by atoms with Gasteiger partial charge in [0.1, 0.15) is 5.75 Å². The van der Waals surface area contributed by atoms with Gasteiger partial charge in [-0.2, -0.15) is 0 Å². The average molecular weight is 353 g/mol. The topological polar surface area (TPSA) is 70.7 Å². The number of amides is 2. The van der Waals surface area contributed by atoms with Crippen molar-refractivity contribution >= 4 is 28.9 Å². The van der Waals surface area contributed by atoms with Crippen LogP contribution in [0, 0.1) is 0 Å². The van der Waals surface area contributed by atoms with Crippen LogP contribution < -0.4 is 20.3 Å². The van der Waals surface area contributed by atoms with Crippen molar-refractivity contribution in [2.45, 2.75) is 19.3 Å². The maximum absolute atomic E-state index is 12.1. The normalized spacial score (nSPS) is 13.8. The van der Waals surface area contributed by atoms with E-state index in [1.807, 2.05) is 24.3 Å². The molecule has 0 bridgehead atoms. The van der Waals surface area contributed by atoms with Crippen molar-refractivity contribution in [3.05, 3.63) is 48.5 Å². The first-order valence-corrected chi connectivity index (χ1v) is 8.77. The van der Waals surface area contributed by atoms with Gasteiger partial charge in [0.25, 0.3) is 0 Å². The number of ether oxygens (including phenoxy) is 1. The third-order valence-corrected chi connectivity index (χ3v) is 4.40. The summed E-state index contributed by atoms with van der Waals surface area (Å²) < 4.78 is 5.06. The first kappa shape index (κ1) is 17.8. The third-order valence-electron chi connectivity index (χ3n) is 4.40. The van der Waals surface area contributed by atoms with Crippen LogP contribution in [-0.4, -0.2) is 32.0 Å². The molecule has 0 unspecified atom stereocenters. The molecule has 2 N–H and O–H groups in total. The summed E-state index contributed by atoms with van der Waals surface area (Å²) in [5, 5.41) is 5.18. The van der Waals surface area contributed by atoms with Gasteiger partial charge in [-0.3, -0.25) is 9.59 Å². The fourth-order valence-corrected chi connectivity index (χ4v) is 2.96. The summed E-state index contributed by atoms with van der Waals surface area (Å²) in [7, 11) is 1.57. The minimum atomic E-state index is -0.713. The van der Waals surface area contributed by atoms with Gasteiger partial charge in [0.2, 0.25) is 0 Å². The van der Waals surface area contributed by atoms with Crippen molar-refractivity contribution in [2.24, 2.45) is 0 Å². The average Bonchev–Trinajstić information content (AvgIpc) is 2.70. The van der Waals surface area contributed by atoms with Crippen molar-refractivity contribution in [2.75, 3.05) is 35.7 Å². The zero-order valence-electron chi connectivity index (χ0n) is 14.8. The Kier molecular flexibility index (Phi) is 5.73. The number of carbonyl (C=O) groups is 2. The standard InChI is InChI=1S/C20H23N3O3/c1-26-18-11-7-16(8-12-18)22-20(25)19(24)21-15-5-9-17(10-6-15)23-13-3-2-4-14-23/h5-12H,2-4,13-14H2,1H3,(H,21,24)(H,22,25). The lowest BCUT2D eigenvalue weighted by Gasteiger charge is -2.28. The Morgan fingerprint density at radius 1 is 0.808 bits per heavy atom. The highest BCUT2D eigenvalue weighted by Crippen LogP contribution is 2.22. The molecule has 2 amide bonds. The lowest BCUT2D eigenvalue weighted by molar-refractivity contribution is -0.132. The monoisotopic (exact) mass is 353 g/mol. The van der Waals surface area contributed by atoms with Gasteiger partial charge in [-0.05, 0) is 67.8 Å². The molecule has 136 valence electrons. The van der Waals surface area contributed by atoms with Crippen LogP contribution >= 0.6 is 0 Å². The summed E-state index contributed by atoms with van der Waals surface area (Å²) in [6, 6.07) is 14.4. The van der Waals surface area contributed by atoms with Gasteiger partial charge in [-0.1, -0.05) is 0 Å². The van der Waals surface area contributed by atoms with Crippen LogP contribution in [0.15, 0.2) is 48.5 Å². The third kappa shape index (κ3) is 4.53. The maximum Gasteiger partial charge on any atom is 0.314 e. The quantitative estimate of drug-likeness (QED) is 0.828. The number of piperidine rings is 1. The van der Waals surface area contributed by atoms with Gasteiger partial charge in [0.15, 0.2) is 0 Å². The van der Waals surface area contributed by atoms with E-state index in [0.717, 1.165) is 18.8 Å². The Balaban J connectivity index is 1.55. The highest BCUT2D eigenvalue weighted by molar-refractivity contribution is 6.43. The molecular weight excluding hydrogens is 330 g/mol. The molecule has 1 heterocycles. The molecule has 1 aliphatic rings. The predicted molar refractivity (Wildman–Crippen MR) is 103 cm³/mol. The second-order valence-corrected chi connectivity index (χ2v) is 6.23. The molecule has 1 fully saturated rings. The van der Waals surface area contributed by atoms with Crippen LogP contribution in [0.3, 0.4) is 0 Å². The minimum absolute atomic E-state index is 0.534. The Morgan fingerprint density at radius 3 is 1.81 bits per heavy atom. The van der Waals surface area contributed by atoms with Gasteiger partial charge >= 0.3 is 11.8 Å². The van der Waals surface area contributed by atoms with E-state index >= 15 is 0 Å². The van der Waals surface area contributed by atoms with E-state index in [2.05, 4.69) is 15.5 Å². The Morgan fingerprint density at radius 2 is 1.31 bits per heavy atom. The molecule has 6 heteroatoms. The highest BCUT2D eigenvalue weighted by atomic mass is 16.5. The SMILES string of the molecule is COc1ccc(NC(=O)C(=O)Nc2ccc(N3CCCCC3)cc2)cc1. The molecule has 3 rings (SSSR count). The predicted octanol–water partition coefficient (Wildman–Crippen LogP) is 3.26. The van der Waals surface area contributed by atoms with Crippen LogP contribution in [-0.2, 0) is 9.59 Å². The van der Waals surface area contributed by atoms with E-state index in [1.165, 1.54) is 19.3 Å². The first-order chi connectivity index (χ1) is 12.7. The van der Waals surface area contributed by atoms with E-state index in [-0.39, 0.29) is 0 Å². The zero-order chi connectivity index (χ0) is 18.4. The van der Waals surface area contributed by atoms with Crippen LogP contribution in [0.4, 0.5) is 17.1 Å².